The molecule has 2 unspecified atom stereocenters. The topological polar surface area (TPSA) is 35.5 Å². The van der Waals surface area contributed by atoms with E-state index in [-0.39, 0.29) is 30.7 Å². The number of ether oxygens (including phenoxy) is 2. The van der Waals surface area contributed by atoms with E-state index < -0.39 is 0 Å². The summed E-state index contributed by atoms with van der Waals surface area (Å²) in [5.74, 6) is 0.0451. The van der Waals surface area contributed by atoms with Crippen LogP contribution in [0.2, 0.25) is 0 Å². The molecule has 2 heterocycles. The normalized spacial score (nSPS) is 28.3. The van der Waals surface area contributed by atoms with Crippen LogP contribution < -0.4 is 0 Å². The molecule has 0 radical (unpaired) electrons. The van der Waals surface area contributed by atoms with Gasteiger partial charge in [0.05, 0.1) is 23.2 Å². The molecule has 18 heavy (non-hydrogen) atoms. The Hall–Kier alpha value is -0.230. The van der Waals surface area contributed by atoms with Crippen molar-refractivity contribution in [3.05, 3.63) is 20.8 Å². The molecular weight excluding hydrogens is 316 g/mol. The van der Waals surface area contributed by atoms with Crippen LogP contribution in [0.4, 0.5) is 0 Å². The molecule has 0 amide bonds. The van der Waals surface area contributed by atoms with Gasteiger partial charge in [-0.1, -0.05) is 0 Å². The lowest BCUT2D eigenvalue weighted by Crippen LogP contribution is -2.35. The number of hydrogen-bond acceptors (Lipinski definition) is 4. The third kappa shape index (κ3) is 3.63. The Morgan fingerprint density at radius 2 is 2.17 bits per heavy atom. The van der Waals surface area contributed by atoms with Crippen LogP contribution in [-0.4, -0.2) is 30.7 Å². The molecule has 1 aliphatic heterocycles. The smallest absolute Gasteiger partial charge is 0.199 e. The maximum atomic E-state index is 12.0. The Labute approximate surface area is 120 Å². The predicted molar refractivity (Wildman–Crippen MR) is 75.3 cm³/mol. The first-order valence-electron chi connectivity index (χ1n) is 6.09. The van der Waals surface area contributed by atoms with Crippen molar-refractivity contribution >= 4 is 33.0 Å². The summed E-state index contributed by atoms with van der Waals surface area (Å²) >= 11 is 4.81. The monoisotopic (exact) mass is 332 g/mol. The standard InChI is InChI=1S/C13H17BrO3S/c1-8-5-10(6-9(2)17-8)16-7-12(15)13-11(14)3-4-18-13/h3-4,8-10H,5-7H2,1-2H3. The summed E-state index contributed by atoms with van der Waals surface area (Å²) in [7, 11) is 0. The Balaban J connectivity index is 1.84. The molecule has 0 spiro atoms. The summed E-state index contributed by atoms with van der Waals surface area (Å²) in [6.45, 7) is 4.25. The van der Waals surface area contributed by atoms with Crippen molar-refractivity contribution in [3.63, 3.8) is 0 Å². The van der Waals surface area contributed by atoms with E-state index in [2.05, 4.69) is 15.9 Å². The van der Waals surface area contributed by atoms with Crippen molar-refractivity contribution in [2.45, 2.75) is 45.0 Å². The van der Waals surface area contributed by atoms with Crippen LogP contribution in [0.15, 0.2) is 15.9 Å². The van der Waals surface area contributed by atoms with E-state index in [1.165, 1.54) is 11.3 Å². The quantitative estimate of drug-likeness (QED) is 0.789. The summed E-state index contributed by atoms with van der Waals surface area (Å²) in [4.78, 5) is 12.7. The fourth-order valence-electron chi connectivity index (χ4n) is 2.23. The number of rotatable bonds is 4. The lowest BCUT2D eigenvalue weighted by Gasteiger charge is -2.31. The number of hydrogen-bond donors (Lipinski definition) is 0. The minimum atomic E-state index is 0.0451. The molecule has 2 rings (SSSR count). The molecule has 0 N–H and O–H groups in total. The highest BCUT2D eigenvalue weighted by Gasteiger charge is 2.25. The Morgan fingerprint density at radius 3 is 2.72 bits per heavy atom. The van der Waals surface area contributed by atoms with Gasteiger partial charge in [0.15, 0.2) is 5.78 Å². The van der Waals surface area contributed by atoms with Gasteiger partial charge >= 0.3 is 0 Å². The molecule has 0 aliphatic carbocycles. The zero-order valence-corrected chi connectivity index (χ0v) is 12.9. The first kappa shape index (κ1) is 14.2. The highest BCUT2D eigenvalue weighted by molar-refractivity contribution is 9.10. The molecule has 2 atom stereocenters. The largest absolute Gasteiger partial charge is 0.375 e. The summed E-state index contributed by atoms with van der Waals surface area (Å²) in [5.41, 5.74) is 0. The summed E-state index contributed by atoms with van der Waals surface area (Å²) in [6, 6.07) is 1.89. The van der Waals surface area contributed by atoms with Gasteiger partial charge in [0, 0.05) is 4.47 Å². The van der Waals surface area contributed by atoms with Gasteiger partial charge in [-0.25, -0.2) is 0 Å². The van der Waals surface area contributed by atoms with Crippen LogP contribution in [0.5, 0.6) is 0 Å². The number of ketones is 1. The van der Waals surface area contributed by atoms with Crippen molar-refractivity contribution in [2.75, 3.05) is 6.61 Å². The second kappa shape index (κ2) is 6.28. The molecule has 1 aromatic rings. The van der Waals surface area contributed by atoms with Gasteiger partial charge < -0.3 is 9.47 Å². The van der Waals surface area contributed by atoms with Gasteiger partial charge in [-0.05, 0) is 54.1 Å². The molecule has 100 valence electrons. The van der Waals surface area contributed by atoms with Crippen molar-refractivity contribution in [2.24, 2.45) is 0 Å². The predicted octanol–water partition coefficient (Wildman–Crippen LogP) is 3.67. The second-order valence-corrected chi connectivity index (χ2v) is 6.45. The Morgan fingerprint density at radius 1 is 1.50 bits per heavy atom. The average Bonchev–Trinajstić information content (AvgIpc) is 2.71. The van der Waals surface area contributed by atoms with E-state index in [1.54, 1.807) is 0 Å². The highest BCUT2D eigenvalue weighted by Crippen LogP contribution is 2.25. The third-order valence-corrected chi connectivity index (χ3v) is 4.85. The van der Waals surface area contributed by atoms with Crippen LogP contribution >= 0.6 is 27.3 Å². The van der Waals surface area contributed by atoms with E-state index in [0.29, 0.717) is 0 Å². The summed E-state index contributed by atoms with van der Waals surface area (Å²) in [5, 5.41) is 1.90. The fourth-order valence-corrected chi connectivity index (χ4v) is 3.75. The zero-order chi connectivity index (χ0) is 13.1. The van der Waals surface area contributed by atoms with Gasteiger partial charge in [0.2, 0.25) is 0 Å². The van der Waals surface area contributed by atoms with Gasteiger partial charge in [-0.3, -0.25) is 4.79 Å². The number of Topliss-reactive ketones (excluding diaryl/α,β-unsaturated/α-hetero) is 1. The van der Waals surface area contributed by atoms with Gasteiger partial charge in [-0.2, -0.15) is 0 Å². The van der Waals surface area contributed by atoms with Crippen molar-refractivity contribution in [1.29, 1.82) is 0 Å². The van der Waals surface area contributed by atoms with Crippen molar-refractivity contribution < 1.29 is 14.3 Å². The molecule has 5 heteroatoms. The molecule has 1 saturated heterocycles. The molecule has 1 fully saturated rings. The maximum absolute atomic E-state index is 12.0. The summed E-state index contributed by atoms with van der Waals surface area (Å²) < 4.78 is 12.2. The third-order valence-electron chi connectivity index (χ3n) is 2.97. The maximum Gasteiger partial charge on any atom is 0.199 e. The van der Waals surface area contributed by atoms with Crippen LogP contribution in [0.25, 0.3) is 0 Å². The van der Waals surface area contributed by atoms with Crippen LogP contribution in [-0.2, 0) is 9.47 Å². The number of carbonyl (C=O) groups excluding carboxylic acids is 1. The van der Waals surface area contributed by atoms with Crippen molar-refractivity contribution in [3.8, 4) is 0 Å². The average molecular weight is 333 g/mol. The molecule has 0 aromatic carbocycles. The minimum absolute atomic E-state index is 0.0451. The first-order chi connectivity index (χ1) is 8.56. The van der Waals surface area contributed by atoms with Crippen LogP contribution in [0.3, 0.4) is 0 Å². The number of thiophene rings is 1. The van der Waals surface area contributed by atoms with Gasteiger partial charge in [-0.15, -0.1) is 11.3 Å². The number of halogens is 1. The fraction of sp³-hybridized carbons (Fsp3) is 0.615. The zero-order valence-electron chi connectivity index (χ0n) is 10.5. The first-order valence-corrected chi connectivity index (χ1v) is 7.76. The SMILES string of the molecule is CC1CC(OCC(=O)c2sccc2Br)CC(C)O1. The van der Waals surface area contributed by atoms with E-state index in [9.17, 15) is 4.79 Å². The molecule has 3 nitrogen and oxygen atoms in total. The highest BCUT2D eigenvalue weighted by atomic mass is 79.9. The lowest BCUT2D eigenvalue weighted by atomic mass is 10.0. The van der Waals surface area contributed by atoms with E-state index in [0.717, 1.165) is 22.2 Å². The molecule has 1 aliphatic rings. The van der Waals surface area contributed by atoms with Crippen LogP contribution in [0.1, 0.15) is 36.4 Å². The Bertz CT molecular complexity index is 408. The van der Waals surface area contributed by atoms with Gasteiger partial charge in [0.1, 0.15) is 6.61 Å². The molecular formula is C13H17BrO3S. The minimum Gasteiger partial charge on any atom is -0.375 e. The second-order valence-electron chi connectivity index (χ2n) is 4.68. The van der Waals surface area contributed by atoms with Crippen LogP contribution in [0, 0.1) is 0 Å². The molecule has 0 bridgehead atoms. The van der Waals surface area contributed by atoms with Gasteiger partial charge in [0.25, 0.3) is 0 Å². The summed E-state index contributed by atoms with van der Waals surface area (Å²) in [6.07, 6.45) is 2.28. The van der Waals surface area contributed by atoms with E-state index >= 15 is 0 Å². The molecule has 0 saturated carbocycles. The van der Waals surface area contributed by atoms with Crippen molar-refractivity contribution in [1.82, 2.24) is 0 Å². The molecule has 1 aromatic heterocycles. The lowest BCUT2D eigenvalue weighted by molar-refractivity contribution is -0.0974. The number of carbonyl (C=O) groups is 1. The Kier molecular flexibility index (Phi) is 4.95. The van der Waals surface area contributed by atoms with E-state index in [4.69, 9.17) is 9.47 Å². The van der Waals surface area contributed by atoms with E-state index in [1.807, 2.05) is 25.3 Å².